The van der Waals surface area contributed by atoms with Crippen LogP contribution in [0.15, 0.2) is 0 Å². The van der Waals surface area contributed by atoms with E-state index in [4.69, 9.17) is 0 Å². The Balaban J connectivity index is 2.47. The number of hydrogen-bond donors (Lipinski definition) is 0. The maximum Gasteiger partial charge on any atom is 0.225 e. The highest BCUT2D eigenvalue weighted by molar-refractivity contribution is 5.78. The molecule has 0 radical (unpaired) electrons. The molecule has 0 bridgehead atoms. The fourth-order valence-electron chi connectivity index (χ4n) is 2.91. The molecule has 0 aromatic carbocycles. The van der Waals surface area contributed by atoms with Crippen LogP contribution in [0.2, 0.25) is 0 Å². The molecule has 0 aliphatic carbocycles. The first-order chi connectivity index (χ1) is 8.82. The molecule has 0 aromatic heterocycles. The summed E-state index contributed by atoms with van der Waals surface area (Å²) < 4.78 is 0. The lowest BCUT2D eigenvalue weighted by molar-refractivity contribution is -0.137. The Kier molecular flexibility index (Phi) is 6.27. The molecule has 1 fully saturated rings. The molecule has 2 atom stereocenters. The van der Waals surface area contributed by atoms with Crippen LogP contribution in [-0.2, 0) is 4.79 Å². The molecule has 0 N–H and O–H groups in total. The summed E-state index contributed by atoms with van der Waals surface area (Å²) in [6.07, 6.45) is 1.10. The van der Waals surface area contributed by atoms with Crippen LogP contribution in [0.4, 0.5) is 0 Å². The van der Waals surface area contributed by atoms with E-state index >= 15 is 0 Å². The van der Waals surface area contributed by atoms with Gasteiger partial charge in [-0.15, -0.1) is 0 Å². The fraction of sp³-hybridized carbons (Fsp3) is 0.933. The van der Waals surface area contributed by atoms with Gasteiger partial charge in [-0.05, 0) is 26.4 Å². The van der Waals surface area contributed by atoms with Crippen molar-refractivity contribution in [1.82, 2.24) is 14.7 Å². The lowest BCUT2D eigenvalue weighted by Crippen LogP contribution is -2.52. The molecule has 112 valence electrons. The van der Waals surface area contributed by atoms with E-state index in [1.165, 1.54) is 0 Å². The molecule has 1 amide bonds. The standard InChI is InChI=1S/C15H31N3O/c1-12(2)15(19)17(6)14-7-8-18(11-13(14)3)10-9-16(4)5/h12-14H,7-11H2,1-6H3/t13-,14+/m0/s1. The molecular weight excluding hydrogens is 238 g/mol. The Hall–Kier alpha value is -0.610. The number of rotatable bonds is 5. The first kappa shape index (κ1) is 16.4. The van der Waals surface area contributed by atoms with Gasteiger partial charge in [-0.25, -0.2) is 0 Å². The predicted molar refractivity (Wildman–Crippen MR) is 80.2 cm³/mol. The average molecular weight is 269 g/mol. The van der Waals surface area contributed by atoms with Gasteiger partial charge in [-0.1, -0.05) is 20.8 Å². The number of piperidine rings is 1. The van der Waals surface area contributed by atoms with Crippen molar-refractivity contribution in [2.75, 3.05) is 47.3 Å². The largest absolute Gasteiger partial charge is 0.342 e. The van der Waals surface area contributed by atoms with Crippen molar-refractivity contribution >= 4 is 5.91 Å². The summed E-state index contributed by atoms with van der Waals surface area (Å²) in [5.41, 5.74) is 0. The first-order valence-electron chi connectivity index (χ1n) is 7.46. The van der Waals surface area contributed by atoms with E-state index in [1.54, 1.807) is 0 Å². The number of likely N-dealkylation sites (tertiary alicyclic amines) is 1. The van der Waals surface area contributed by atoms with Gasteiger partial charge in [0.2, 0.25) is 5.91 Å². The lowest BCUT2D eigenvalue weighted by Gasteiger charge is -2.42. The second-order valence-electron chi connectivity index (χ2n) is 6.54. The van der Waals surface area contributed by atoms with Crippen LogP contribution in [0.5, 0.6) is 0 Å². The average Bonchev–Trinajstić information content (AvgIpc) is 2.34. The number of carbonyl (C=O) groups is 1. The van der Waals surface area contributed by atoms with Gasteiger partial charge in [-0.2, -0.15) is 0 Å². The van der Waals surface area contributed by atoms with Gasteiger partial charge in [0.1, 0.15) is 0 Å². The third-order valence-corrected chi connectivity index (χ3v) is 4.15. The summed E-state index contributed by atoms with van der Waals surface area (Å²) in [5, 5.41) is 0. The van der Waals surface area contributed by atoms with Crippen molar-refractivity contribution in [3.05, 3.63) is 0 Å². The lowest BCUT2D eigenvalue weighted by atomic mass is 9.92. The van der Waals surface area contributed by atoms with Gasteiger partial charge in [0.15, 0.2) is 0 Å². The quantitative estimate of drug-likeness (QED) is 0.754. The Morgan fingerprint density at radius 2 is 1.95 bits per heavy atom. The fourth-order valence-corrected chi connectivity index (χ4v) is 2.91. The monoisotopic (exact) mass is 269 g/mol. The van der Waals surface area contributed by atoms with Gasteiger partial charge >= 0.3 is 0 Å². The maximum absolute atomic E-state index is 12.1. The van der Waals surface area contributed by atoms with Crippen molar-refractivity contribution < 1.29 is 4.79 Å². The van der Waals surface area contributed by atoms with Crippen LogP contribution in [0.25, 0.3) is 0 Å². The van der Waals surface area contributed by atoms with E-state index < -0.39 is 0 Å². The minimum Gasteiger partial charge on any atom is -0.342 e. The van der Waals surface area contributed by atoms with E-state index in [1.807, 2.05) is 25.8 Å². The molecule has 0 saturated carbocycles. The molecule has 1 saturated heterocycles. The molecule has 1 heterocycles. The van der Waals surface area contributed by atoms with E-state index in [9.17, 15) is 4.79 Å². The van der Waals surface area contributed by atoms with Crippen LogP contribution in [-0.4, -0.2) is 74.0 Å². The summed E-state index contributed by atoms with van der Waals surface area (Å²) >= 11 is 0. The summed E-state index contributed by atoms with van der Waals surface area (Å²) in [4.78, 5) is 18.8. The van der Waals surface area contributed by atoms with Crippen molar-refractivity contribution in [3.63, 3.8) is 0 Å². The number of likely N-dealkylation sites (N-methyl/N-ethyl adjacent to an activating group) is 1. The van der Waals surface area contributed by atoms with Crippen LogP contribution in [0.1, 0.15) is 27.2 Å². The topological polar surface area (TPSA) is 26.8 Å². The van der Waals surface area contributed by atoms with Gasteiger partial charge in [-0.3, -0.25) is 4.79 Å². The van der Waals surface area contributed by atoms with Crippen molar-refractivity contribution in [1.29, 1.82) is 0 Å². The van der Waals surface area contributed by atoms with Gasteiger partial charge in [0, 0.05) is 45.2 Å². The third-order valence-electron chi connectivity index (χ3n) is 4.15. The molecule has 0 spiro atoms. The van der Waals surface area contributed by atoms with Crippen molar-refractivity contribution in [2.45, 2.75) is 33.2 Å². The number of hydrogen-bond acceptors (Lipinski definition) is 3. The second-order valence-corrected chi connectivity index (χ2v) is 6.54. The van der Waals surface area contributed by atoms with E-state index in [0.717, 1.165) is 32.6 Å². The molecule has 1 aliphatic heterocycles. The Morgan fingerprint density at radius 1 is 1.32 bits per heavy atom. The zero-order valence-electron chi connectivity index (χ0n) is 13.5. The van der Waals surface area contributed by atoms with E-state index in [-0.39, 0.29) is 11.8 Å². The maximum atomic E-state index is 12.1. The highest BCUT2D eigenvalue weighted by Crippen LogP contribution is 2.22. The summed E-state index contributed by atoms with van der Waals surface area (Å²) in [5.74, 6) is 0.936. The zero-order chi connectivity index (χ0) is 14.6. The number of amides is 1. The van der Waals surface area contributed by atoms with Gasteiger partial charge in [0.05, 0.1) is 0 Å². The Morgan fingerprint density at radius 3 is 2.42 bits per heavy atom. The second kappa shape index (κ2) is 7.25. The third kappa shape index (κ3) is 4.77. The molecular formula is C15H31N3O. The van der Waals surface area contributed by atoms with Gasteiger partial charge in [0.25, 0.3) is 0 Å². The normalized spacial score (nSPS) is 25.1. The Labute approximate surface area is 118 Å². The molecule has 4 nitrogen and oxygen atoms in total. The molecule has 1 aliphatic rings. The molecule has 4 heteroatoms. The SMILES string of the molecule is CC(C)C(=O)N(C)[C@@H]1CCN(CCN(C)C)C[C@@H]1C. The van der Waals surface area contributed by atoms with E-state index in [2.05, 4.69) is 30.8 Å². The summed E-state index contributed by atoms with van der Waals surface area (Å²) in [6.45, 7) is 10.7. The summed E-state index contributed by atoms with van der Waals surface area (Å²) in [7, 11) is 6.20. The number of carbonyl (C=O) groups excluding carboxylic acids is 1. The zero-order valence-corrected chi connectivity index (χ0v) is 13.5. The smallest absolute Gasteiger partial charge is 0.225 e. The summed E-state index contributed by atoms with van der Waals surface area (Å²) in [6, 6.07) is 0.408. The number of nitrogens with zero attached hydrogens (tertiary/aromatic N) is 3. The van der Waals surface area contributed by atoms with Crippen molar-refractivity contribution in [3.8, 4) is 0 Å². The minimum absolute atomic E-state index is 0.101. The van der Waals surface area contributed by atoms with E-state index in [0.29, 0.717) is 12.0 Å². The van der Waals surface area contributed by atoms with Crippen molar-refractivity contribution in [2.24, 2.45) is 11.8 Å². The molecule has 0 unspecified atom stereocenters. The highest BCUT2D eigenvalue weighted by atomic mass is 16.2. The molecule has 19 heavy (non-hydrogen) atoms. The minimum atomic E-state index is 0.101. The van der Waals surface area contributed by atoms with Crippen LogP contribution in [0, 0.1) is 11.8 Å². The first-order valence-corrected chi connectivity index (χ1v) is 7.46. The van der Waals surface area contributed by atoms with Crippen LogP contribution >= 0.6 is 0 Å². The molecule has 0 aromatic rings. The Bertz CT molecular complexity index is 291. The van der Waals surface area contributed by atoms with Crippen LogP contribution in [0.3, 0.4) is 0 Å². The predicted octanol–water partition coefficient (Wildman–Crippen LogP) is 1.37. The molecule has 1 rings (SSSR count). The van der Waals surface area contributed by atoms with Gasteiger partial charge < -0.3 is 14.7 Å². The highest BCUT2D eigenvalue weighted by Gasteiger charge is 2.31. The van der Waals surface area contributed by atoms with Crippen LogP contribution < -0.4 is 0 Å².